The average Bonchev–Trinajstić information content (AvgIpc) is 2.98. The highest BCUT2D eigenvalue weighted by Crippen LogP contribution is 2.32. The summed E-state index contributed by atoms with van der Waals surface area (Å²) in [5.41, 5.74) is 1.26. The first-order chi connectivity index (χ1) is 10.6. The van der Waals surface area contributed by atoms with Crippen molar-refractivity contribution in [1.82, 2.24) is 0 Å². The van der Waals surface area contributed by atoms with Crippen molar-refractivity contribution < 1.29 is 14.3 Å². The number of fused-ring (bicyclic) bond motifs is 1. The van der Waals surface area contributed by atoms with Crippen molar-refractivity contribution in [2.45, 2.75) is 0 Å². The van der Waals surface area contributed by atoms with E-state index >= 15 is 0 Å². The van der Waals surface area contributed by atoms with Crippen molar-refractivity contribution in [3.63, 3.8) is 0 Å². The van der Waals surface area contributed by atoms with Crippen molar-refractivity contribution in [1.29, 1.82) is 0 Å². The van der Waals surface area contributed by atoms with Gasteiger partial charge in [0.2, 0.25) is 6.79 Å². The first-order valence-electron chi connectivity index (χ1n) is 6.45. The summed E-state index contributed by atoms with van der Waals surface area (Å²) < 4.78 is 10.5. The van der Waals surface area contributed by atoms with E-state index in [9.17, 15) is 4.79 Å². The van der Waals surface area contributed by atoms with Crippen molar-refractivity contribution in [2.75, 3.05) is 12.1 Å². The summed E-state index contributed by atoms with van der Waals surface area (Å²) in [6.07, 6.45) is 2.98. The normalized spacial score (nSPS) is 12.6. The van der Waals surface area contributed by atoms with Crippen LogP contribution in [0, 0.1) is 0 Å². The molecule has 1 aliphatic heterocycles. The highest BCUT2D eigenvalue weighted by atomic mass is 35.5. The lowest BCUT2D eigenvalue weighted by Gasteiger charge is -2.02. The zero-order valence-corrected chi connectivity index (χ0v) is 12.8. The number of benzene rings is 2. The monoisotopic (exact) mass is 335 g/mol. The highest BCUT2D eigenvalue weighted by molar-refractivity contribution is 6.42. The fraction of sp³-hybridized carbons (Fsp3) is 0.0625. The molecule has 0 aromatic heterocycles. The van der Waals surface area contributed by atoms with Crippen LogP contribution in [0.3, 0.4) is 0 Å². The Morgan fingerprint density at radius 2 is 1.86 bits per heavy atom. The molecule has 22 heavy (non-hydrogen) atoms. The lowest BCUT2D eigenvalue weighted by Crippen LogP contribution is -1.96. The third-order valence-corrected chi connectivity index (χ3v) is 3.80. The number of anilines is 1. The van der Waals surface area contributed by atoms with Crippen LogP contribution in [0.5, 0.6) is 11.5 Å². The number of halogens is 2. The van der Waals surface area contributed by atoms with Gasteiger partial charge in [-0.15, -0.1) is 0 Å². The number of carbonyl (C=O) groups is 1. The molecule has 0 saturated heterocycles. The predicted molar refractivity (Wildman–Crippen MR) is 86.1 cm³/mol. The number of hydrogen-bond donors (Lipinski definition) is 1. The van der Waals surface area contributed by atoms with Gasteiger partial charge in [0.15, 0.2) is 17.3 Å². The Hall–Kier alpha value is -2.17. The molecule has 2 aromatic carbocycles. The van der Waals surface area contributed by atoms with Crippen LogP contribution in [0.25, 0.3) is 0 Å². The van der Waals surface area contributed by atoms with E-state index in [0.29, 0.717) is 27.1 Å². The Balaban J connectivity index is 1.67. The molecule has 112 valence electrons. The summed E-state index contributed by atoms with van der Waals surface area (Å²) >= 11 is 11.8. The molecule has 0 unspecified atom stereocenters. The third kappa shape index (κ3) is 3.18. The molecule has 0 bridgehead atoms. The van der Waals surface area contributed by atoms with Gasteiger partial charge in [-0.3, -0.25) is 4.79 Å². The average molecular weight is 336 g/mol. The Bertz CT molecular complexity index is 759. The Morgan fingerprint density at radius 3 is 2.68 bits per heavy atom. The van der Waals surface area contributed by atoms with Gasteiger partial charge in [0.1, 0.15) is 0 Å². The maximum Gasteiger partial charge on any atom is 0.231 e. The molecule has 1 N–H and O–H groups in total. The molecular weight excluding hydrogens is 325 g/mol. The van der Waals surface area contributed by atoms with Crippen LogP contribution in [0.4, 0.5) is 5.69 Å². The van der Waals surface area contributed by atoms with Crippen molar-refractivity contribution in [3.8, 4) is 11.5 Å². The number of nitrogens with one attached hydrogen (secondary N) is 1. The van der Waals surface area contributed by atoms with Crippen LogP contribution in [0.1, 0.15) is 10.4 Å². The third-order valence-electron chi connectivity index (χ3n) is 3.06. The van der Waals surface area contributed by atoms with Crippen LogP contribution in [0.2, 0.25) is 10.0 Å². The van der Waals surface area contributed by atoms with Gasteiger partial charge >= 0.3 is 0 Å². The topological polar surface area (TPSA) is 47.6 Å². The molecule has 1 aliphatic rings. The SMILES string of the molecule is O=C(/C=C/Nc1ccc(Cl)c(Cl)c1)c1ccc2c(c1)OCO2. The van der Waals surface area contributed by atoms with Crippen molar-refractivity contribution in [3.05, 3.63) is 64.3 Å². The summed E-state index contributed by atoms with van der Waals surface area (Å²) in [6.45, 7) is 0.182. The van der Waals surface area contributed by atoms with Gasteiger partial charge in [-0.1, -0.05) is 23.2 Å². The second-order valence-electron chi connectivity index (χ2n) is 4.54. The molecule has 2 aromatic rings. The number of allylic oxidation sites excluding steroid dienone is 1. The quantitative estimate of drug-likeness (QED) is 0.658. The van der Waals surface area contributed by atoms with Gasteiger partial charge in [-0.2, -0.15) is 0 Å². The van der Waals surface area contributed by atoms with Crippen molar-refractivity contribution >= 4 is 34.7 Å². The van der Waals surface area contributed by atoms with E-state index < -0.39 is 0 Å². The summed E-state index contributed by atoms with van der Waals surface area (Å²) in [5, 5.41) is 3.89. The van der Waals surface area contributed by atoms with Gasteiger partial charge in [0.25, 0.3) is 0 Å². The van der Waals surface area contributed by atoms with Gasteiger partial charge in [-0.05, 0) is 36.4 Å². The minimum Gasteiger partial charge on any atom is -0.454 e. The lowest BCUT2D eigenvalue weighted by atomic mass is 10.1. The zero-order chi connectivity index (χ0) is 15.5. The smallest absolute Gasteiger partial charge is 0.231 e. The van der Waals surface area contributed by atoms with Crippen LogP contribution in [-0.2, 0) is 0 Å². The Labute approximate surface area is 137 Å². The van der Waals surface area contributed by atoms with E-state index in [1.807, 2.05) is 0 Å². The van der Waals surface area contributed by atoms with Gasteiger partial charge in [0.05, 0.1) is 10.0 Å². The molecule has 0 aliphatic carbocycles. The number of ether oxygens (including phenoxy) is 2. The van der Waals surface area contributed by atoms with Crippen LogP contribution < -0.4 is 14.8 Å². The summed E-state index contributed by atoms with van der Waals surface area (Å²) in [5.74, 6) is 1.08. The zero-order valence-electron chi connectivity index (χ0n) is 11.3. The van der Waals surface area contributed by atoms with E-state index in [-0.39, 0.29) is 12.6 Å². The summed E-state index contributed by atoms with van der Waals surface area (Å²) in [7, 11) is 0. The second-order valence-corrected chi connectivity index (χ2v) is 5.35. The molecule has 0 atom stereocenters. The second kappa shape index (κ2) is 6.30. The van der Waals surface area contributed by atoms with Gasteiger partial charge in [0, 0.05) is 23.5 Å². The van der Waals surface area contributed by atoms with Crippen LogP contribution in [-0.4, -0.2) is 12.6 Å². The van der Waals surface area contributed by atoms with Gasteiger partial charge in [-0.25, -0.2) is 0 Å². The number of rotatable bonds is 4. The number of ketones is 1. The first-order valence-corrected chi connectivity index (χ1v) is 7.21. The van der Waals surface area contributed by atoms with Crippen LogP contribution >= 0.6 is 23.2 Å². The summed E-state index contributed by atoms with van der Waals surface area (Å²) in [4.78, 5) is 12.1. The Morgan fingerprint density at radius 1 is 1.05 bits per heavy atom. The molecular formula is C16H11Cl2NO3. The largest absolute Gasteiger partial charge is 0.454 e. The summed E-state index contributed by atoms with van der Waals surface area (Å²) in [6, 6.07) is 10.2. The number of hydrogen-bond acceptors (Lipinski definition) is 4. The van der Waals surface area contributed by atoms with E-state index in [4.69, 9.17) is 32.7 Å². The highest BCUT2D eigenvalue weighted by Gasteiger charge is 2.14. The molecule has 0 saturated carbocycles. The predicted octanol–water partition coefficient (Wildman–Crippen LogP) is 4.53. The van der Waals surface area contributed by atoms with E-state index in [1.165, 1.54) is 6.08 Å². The molecule has 6 heteroatoms. The molecule has 1 heterocycles. The maximum absolute atomic E-state index is 12.1. The molecule has 4 nitrogen and oxygen atoms in total. The molecule has 0 fully saturated rings. The van der Waals surface area contributed by atoms with Gasteiger partial charge < -0.3 is 14.8 Å². The van der Waals surface area contributed by atoms with Crippen LogP contribution in [0.15, 0.2) is 48.7 Å². The minimum atomic E-state index is -0.147. The molecule has 0 amide bonds. The molecule has 0 spiro atoms. The van der Waals surface area contributed by atoms with Crippen molar-refractivity contribution in [2.24, 2.45) is 0 Å². The molecule has 0 radical (unpaired) electrons. The standard InChI is InChI=1S/C16H11Cl2NO3/c17-12-3-2-11(8-13(12)18)19-6-5-14(20)10-1-4-15-16(7-10)22-9-21-15/h1-8,19H,9H2/b6-5+. The molecule has 3 rings (SSSR count). The fourth-order valence-corrected chi connectivity index (χ4v) is 2.24. The maximum atomic E-state index is 12.1. The van der Waals surface area contributed by atoms with E-state index in [2.05, 4.69) is 5.32 Å². The first kappa shape index (κ1) is 14.8. The number of carbonyl (C=O) groups excluding carboxylic acids is 1. The Kier molecular flexibility index (Phi) is 4.22. The van der Waals surface area contributed by atoms with E-state index in [1.54, 1.807) is 42.6 Å². The van der Waals surface area contributed by atoms with E-state index in [0.717, 1.165) is 5.69 Å². The fourth-order valence-electron chi connectivity index (χ4n) is 1.95. The minimum absolute atomic E-state index is 0.147. The lowest BCUT2D eigenvalue weighted by molar-refractivity contribution is 0.104.